The highest BCUT2D eigenvalue weighted by Crippen LogP contribution is 2.29. The summed E-state index contributed by atoms with van der Waals surface area (Å²) >= 11 is 5.85. The summed E-state index contributed by atoms with van der Waals surface area (Å²) in [5, 5.41) is 9.44. The van der Waals surface area contributed by atoms with Crippen molar-refractivity contribution in [3.63, 3.8) is 0 Å². The quantitative estimate of drug-likeness (QED) is 0.723. The minimum Gasteiger partial charge on any atom is -0.504 e. The van der Waals surface area contributed by atoms with Crippen molar-refractivity contribution in [2.75, 3.05) is 6.54 Å². The van der Waals surface area contributed by atoms with E-state index in [1.54, 1.807) is 24.4 Å². The maximum absolute atomic E-state index is 13.7. The van der Waals surface area contributed by atoms with Crippen molar-refractivity contribution < 1.29 is 9.50 Å². The van der Waals surface area contributed by atoms with Crippen LogP contribution < -0.4 is 5.56 Å². The Balaban J connectivity index is 1.61. The Hall–Kier alpha value is -2.77. The Kier molecular flexibility index (Phi) is 4.63. The van der Waals surface area contributed by atoms with E-state index in [0.717, 1.165) is 0 Å². The van der Waals surface area contributed by atoms with Crippen LogP contribution in [0.3, 0.4) is 0 Å². The van der Waals surface area contributed by atoms with Gasteiger partial charge in [-0.05, 0) is 36.2 Å². The van der Waals surface area contributed by atoms with E-state index in [-0.39, 0.29) is 10.6 Å². The summed E-state index contributed by atoms with van der Waals surface area (Å²) in [4.78, 5) is 26.1. The lowest BCUT2D eigenvalue weighted by molar-refractivity contribution is 0.240. The number of nitrogens with zero attached hydrogens (tertiary/aromatic N) is 3. The lowest BCUT2D eigenvalue weighted by atomic mass is 10.1. The van der Waals surface area contributed by atoms with E-state index in [4.69, 9.17) is 11.6 Å². The number of rotatable bonds is 3. The zero-order valence-electron chi connectivity index (χ0n) is 14.2. The number of H-pyrrole nitrogens is 1. The molecule has 0 aliphatic carbocycles. The number of nitrogens with one attached hydrogen (secondary N) is 1. The molecule has 0 fully saturated rings. The van der Waals surface area contributed by atoms with Gasteiger partial charge in [0.05, 0.1) is 10.7 Å². The number of fused-ring (bicyclic) bond motifs is 1. The Morgan fingerprint density at radius 3 is 2.93 bits per heavy atom. The number of aromatic hydroxyl groups is 1. The molecule has 0 atom stereocenters. The van der Waals surface area contributed by atoms with Gasteiger partial charge in [-0.2, -0.15) is 0 Å². The maximum atomic E-state index is 13.7. The monoisotopic (exact) mass is 386 g/mol. The van der Waals surface area contributed by atoms with Crippen LogP contribution in [-0.4, -0.2) is 31.5 Å². The number of hydrogen-bond donors (Lipinski definition) is 2. The average molecular weight is 387 g/mol. The Labute approximate surface area is 159 Å². The van der Waals surface area contributed by atoms with Crippen molar-refractivity contribution in [3.05, 3.63) is 74.5 Å². The van der Waals surface area contributed by atoms with Crippen molar-refractivity contribution >= 4 is 11.6 Å². The van der Waals surface area contributed by atoms with Crippen molar-refractivity contribution in [3.8, 4) is 17.3 Å². The molecule has 1 aromatic carbocycles. The summed E-state index contributed by atoms with van der Waals surface area (Å²) in [5.74, 6) is -0.862. The Morgan fingerprint density at radius 1 is 1.33 bits per heavy atom. The predicted molar refractivity (Wildman–Crippen MR) is 99.0 cm³/mol. The van der Waals surface area contributed by atoms with Crippen molar-refractivity contribution in [1.82, 2.24) is 19.9 Å². The fraction of sp³-hybridized carbons (Fsp3) is 0.211. The SMILES string of the molecule is O=c1[nH]c(-c2ccccn2)nc2c1CCN(Cc1cc(F)c(O)c(Cl)c1)C2. The zero-order valence-corrected chi connectivity index (χ0v) is 15.0. The van der Waals surface area contributed by atoms with Gasteiger partial charge in [-0.3, -0.25) is 14.7 Å². The standard InChI is InChI=1S/C19H16ClFN4O2/c20-13-7-11(8-14(21)17(13)26)9-25-6-4-12-16(10-25)23-18(24-19(12)27)15-3-1-2-5-22-15/h1-3,5,7-8,26H,4,6,9-10H2,(H,23,24,27). The summed E-state index contributed by atoms with van der Waals surface area (Å²) in [5.41, 5.74) is 2.45. The van der Waals surface area contributed by atoms with Crippen LogP contribution in [0.4, 0.5) is 4.39 Å². The van der Waals surface area contributed by atoms with Crippen LogP contribution in [0.15, 0.2) is 41.3 Å². The molecule has 0 radical (unpaired) electrons. The van der Waals surface area contributed by atoms with Gasteiger partial charge >= 0.3 is 0 Å². The highest BCUT2D eigenvalue weighted by molar-refractivity contribution is 6.32. The van der Waals surface area contributed by atoms with Crippen LogP contribution in [0, 0.1) is 5.82 Å². The molecule has 2 aromatic heterocycles. The van der Waals surface area contributed by atoms with Crippen LogP contribution in [0.25, 0.3) is 11.5 Å². The first kappa shape index (κ1) is 17.6. The molecule has 4 rings (SSSR count). The van der Waals surface area contributed by atoms with Crippen LogP contribution in [0.5, 0.6) is 5.75 Å². The molecule has 0 saturated carbocycles. The summed E-state index contributed by atoms with van der Waals surface area (Å²) in [7, 11) is 0. The largest absolute Gasteiger partial charge is 0.504 e. The number of phenols is 1. The second-order valence-corrected chi connectivity index (χ2v) is 6.83. The molecule has 0 spiro atoms. The van der Waals surface area contributed by atoms with E-state index in [1.165, 1.54) is 6.07 Å². The molecule has 0 unspecified atom stereocenters. The molecular weight excluding hydrogens is 371 g/mol. The first-order valence-corrected chi connectivity index (χ1v) is 8.82. The lowest BCUT2D eigenvalue weighted by Crippen LogP contribution is -2.35. The molecule has 0 saturated heterocycles. The van der Waals surface area contributed by atoms with E-state index in [0.29, 0.717) is 54.4 Å². The third-order valence-electron chi connectivity index (χ3n) is 4.54. The number of phenolic OH excluding ortho intramolecular Hbond substituents is 1. The van der Waals surface area contributed by atoms with Crippen LogP contribution in [0.2, 0.25) is 5.02 Å². The molecular formula is C19H16ClFN4O2. The van der Waals surface area contributed by atoms with Gasteiger partial charge in [0, 0.05) is 31.4 Å². The highest BCUT2D eigenvalue weighted by Gasteiger charge is 2.22. The smallest absolute Gasteiger partial charge is 0.254 e. The Bertz CT molecular complexity index is 1030. The molecule has 1 aliphatic rings. The van der Waals surface area contributed by atoms with Crippen molar-refractivity contribution in [2.45, 2.75) is 19.5 Å². The molecule has 0 amide bonds. The van der Waals surface area contributed by atoms with Crippen molar-refractivity contribution in [1.29, 1.82) is 0 Å². The van der Waals surface area contributed by atoms with Crippen LogP contribution in [-0.2, 0) is 19.5 Å². The van der Waals surface area contributed by atoms with Crippen LogP contribution >= 0.6 is 11.6 Å². The number of aromatic amines is 1. The first-order chi connectivity index (χ1) is 13.0. The van der Waals surface area contributed by atoms with Gasteiger partial charge in [-0.15, -0.1) is 0 Å². The third kappa shape index (κ3) is 3.56. The number of pyridine rings is 1. The highest BCUT2D eigenvalue weighted by atomic mass is 35.5. The second kappa shape index (κ2) is 7.09. The van der Waals surface area contributed by atoms with Gasteiger partial charge in [0.15, 0.2) is 17.4 Å². The topological polar surface area (TPSA) is 82.1 Å². The molecule has 0 bridgehead atoms. The van der Waals surface area contributed by atoms with Gasteiger partial charge in [-0.1, -0.05) is 17.7 Å². The van der Waals surface area contributed by atoms with Gasteiger partial charge in [0.25, 0.3) is 5.56 Å². The van der Waals surface area contributed by atoms with E-state index >= 15 is 0 Å². The van der Waals surface area contributed by atoms with Crippen LogP contribution in [0.1, 0.15) is 16.8 Å². The summed E-state index contributed by atoms with van der Waals surface area (Å²) in [6.45, 7) is 1.53. The molecule has 138 valence electrons. The molecule has 8 heteroatoms. The maximum Gasteiger partial charge on any atom is 0.254 e. The molecule has 3 heterocycles. The molecule has 2 N–H and O–H groups in total. The summed E-state index contributed by atoms with van der Waals surface area (Å²) in [6.07, 6.45) is 2.19. The van der Waals surface area contributed by atoms with E-state index in [9.17, 15) is 14.3 Å². The predicted octanol–water partition coefficient (Wildman–Crippen LogP) is 2.89. The summed E-state index contributed by atoms with van der Waals surface area (Å²) < 4.78 is 13.7. The average Bonchev–Trinajstić information content (AvgIpc) is 2.66. The van der Waals surface area contributed by atoms with E-state index in [1.807, 2.05) is 6.07 Å². The van der Waals surface area contributed by atoms with Gasteiger partial charge < -0.3 is 10.1 Å². The minimum absolute atomic E-state index is 0.0191. The second-order valence-electron chi connectivity index (χ2n) is 6.42. The van der Waals surface area contributed by atoms with E-state index < -0.39 is 11.6 Å². The Morgan fingerprint density at radius 2 is 2.19 bits per heavy atom. The zero-order chi connectivity index (χ0) is 19.0. The fourth-order valence-corrected chi connectivity index (χ4v) is 3.45. The number of benzene rings is 1. The van der Waals surface area contributed by atoms with Gasteiger partial charge in [0.2, 0.25) is 0 Å². The molecule has 3 aromatic rings. The van der Waals surface area contributed by atoms with Gasteiger partial charge in [-0.25, -0.2) is 9.37 Å². The normalized spacial score (nSPS) is 14.1. The van der Waals surface area contributed by atoms with Crippen molar-refractivity contribution in [2.24, 2.45) is 0 Å². The minimum atomic E-state index is -0.748. The molecule has 6 nitrogen and oxygen atoms in total. The first-order valence-electron chi connectivity index (χ1n) is 8.44. The van der Waals surface area contributed by atoms with Gasteiger partial charge in [0.1, 0.15) is 5.69 Å². The molecule has 27 heavy (non-hydrogen) atoms. The summed E-state index contributed by atoms with van der Waals surface area (Å²) in [6, 6.07) is 8.22. The number of hydrogen-bond acceptors (Lipinski definition) is 5. The molecule has 1 aliphatic heterocycles. The number of halogens is 2. The number of aromatic nitrogens is 3. The van der Waals surface area contributed by atoms with E-state index in [2.05, 4.69) is 19.9 Å². The lowest BCUT2D eigenvalue weighted by Gasteiger charge is -2.27. The third-order valence-corrected chi connectivity index (χ3v) is 4.83. The fourth-order valence-electron chi connectivity index (χ4n) is 3.22.